The van der Waals surface area contributed by atoms with E-state index in [-0.39, 0.29) is 24.0 Å². The zero-order chi connectivity index (χ0) is 13.4. The molecular formula is C11H22N2O3S2. The van der Waals surface area contributed by atoms with E-state index in [0.29, 0.717) is 11.0 Å². The molecule has 2 N–H and O–H groups in total. The Kier molecular flexibility index (Phi) is 7.03. The van der Waals surface area contributed by atoms with E-state index in [2.05, 4.69) is 10.6 Å². The standard InChI is InChI=1S/C11H22N2O3S2/c1-2-18(15,16)8-7-13-11(14)9-17-10-3-5-12-6-4-10/h10,12H,2-9H2,1H3,(H,13,14). The monoisotopic (exact) mass is 294 g/mol. The van der Waals surface area contributed by atoms with Crippen LogP contribution in [-0.2, 0) is 14.6 Å². The number of sulfone groups is 1. The van der Waals surface area contributed by atoms with Crippen molar-refractivity contribution in [1.82, 2.24) is 10.6 Å². The maximum atomic E-state index is 11.5. The second-order valence-corrected chi connectivity index (χ2v) is 8.11. The van der Waals surface area contributed by atoms with Crippen LogP contribution in [0.1, 0.15) is 19.8 Å². The second kappa shape index (κ2) is 8.01. The molecular weight excluding hydrogens is 272 g/mol. The molecule has 0 unspecified atom stereocenters. The number of carbonyl (C=O) groups excluding carboxylic acids is 1. The van der Waals surface area contributed by atoms with Crippen LogP contribution in [0.4, 0.5) is 0 Å². The highest BCUT2D eigenvalue weighted by Gasteiger charge is 2.15. The third-order valence-electron chi connectivity index (χ3n) is 2.91. The Hall–Kier alpha value is -0.270. The number of thioether (sulfide) groups is 1. The molecule has 1 saturated heterocycles. The Bertz CT molecular complexity index is 351. The molecule has 5 nitrogen and oxygen atoms in total. The highest BCUT2D eigenvalue weighted by molar-refractivity contribution is 8.00. The highest BCUT2D eigenvalue weighted by atomic mass is 32.2. The number of piperidine rings is 1. The van der Waals surface area contributed by atoms with Gasteiger partial charge in [0.25, 0.3) is 0 Å². The van der Waals surface area contributed by atoms with Crippen LogP contribution >= 0.6 is 11.8 Å². The summed E-state index contributed by atoms with van der Waals surface area (Å²) in [6.45, 7) is 3.88. The quantitative estimate of drug-likeness (QED) is 0.692. The largest absolute Gasteiger partial charge is 0.354 e. The molecule has 0 saturated carbocycles. The molecule has 0 aromatic heterocycles. The summed E-state index contributed by atoms with van der Waals surface area (Å²) < 4.78 is 22.4. The predicted octanol–water partition coefficient (Wildman–Crippen LogP) is 0.0225. The minimum Gasteiger partial charge on any atom is -0.354 e. The number of carbonyl (C=O) groups is 1. The summed E-state index contributed by atoms with van der Waals surface area (Å²) >= 11 is 1.67. The predicted molar refractivity (Wildman–Crippen MR) is 75.7 cm³/mol. The smallest absolute Gasteiger partial charge is 0.230 e. The summed E-state index contributed by atoms with van der Waals surface area (Å²) in [7, 11) is -2.98. The van der Waals surface area contributed by atoms with Gasteiger partial charge in [-0.3, -0.25) is 4.79 Å². The van der Waals surface area contributed by atoms with Crippen LogP contribution in [0, 0.1) is 0 Å². The first-order valence-electron chi connectivity index (χ1n) is 6.33. The van der Waals surface area contributed by atoms with E-state index in [4.69, 9.17) is 0 Å². The molecule has 106 valence electrons. The average molecular weight is 294 g/mol. The molecule has 1 heterocycles. The van der Waals surface area contributed by atoms with Crippen LogP contribution in [0.5, 0.6) is 0 Å². The first-order chi connectivity index (χ1) is 8.53. The van der Waals surface area contributed by atoms with Crippen LogP contribution in [0.3, 0.4) is 0 Å². The number of nitrogens with one attached hydrogen (secondary N) is 2. The third-order valence-corrected chi connectivity index (χ3v) is 5.99. The lowest BCUT2D eigenvalue weighted by Crippen LogP contribution is -2.33. The number of rotatable bonds is 7. The van der Waals surface area contributed by atoms with Crippen molar-refractivity contribution < 1.29 is 13.2 Å². The van der Waals surface area contributed by atoms with Crippen LogP contribution < -0.4 is 10.6 Å². The second-order valence-electron chi connectivity index (χ2n) is 4.35. The average Bonchev–Trinajstić information content (AvgIpc) is 2.37. The molecule has 0 radical (unpaired) electrons. The molecule has 0 atom stereocenters. The number of hydrogen-bond acceptors (Lipinski definition) is 5. The Morgan fingerprint density at radius 3 is 2.67 bits per heavy atom. The Morgan fingerprint density at radius 2 is 2.06 bits per heavy atom. The van der Waals surface area contributed by atoms with Gasteiger partial charge in [0.05, 0.1) is 11.5 Å². The van der Waals surface area contributed by atoms with Gasteiger partial charge in [-0.1, -0.05) is 6.92 Å². The molecule has 1 aliphatic heterocycles. The van der Waals surface area contributed by atoms with E-state index in [1.807, 2.05) is 0 Å². The molecule has 1 rings (SSSR count). The van der Waals surface area contributed by atoms with Crippen molar-refractivity contribution in [3.63, 3.8) is 0 Å². The van der Waals surface area contributed by atoms with E-state index in [1.54, 1.807) is 18.7 Å². The summed E-state index contributed by atoms with van der Waals surface area (Å²) in [5, 5.41) is 6.49. The van der Waals surface area contributed by atoms with Crippen molar-refractivity contribution in [2.75, 3.05) is 36.9 Å². The molecule has 0 spiro atoms. The van der Waals surface area contributed by atoms with Gasteiger partial charge in [-0.2, -0.15) is 0 Å². The molecule has 7 heteroatoms. The van der Waals surface area contributed by atoms with E-state index in [9.17, 15) is 13.2 Å². The zero-order valence-electron chi connectivity index (χ0n) is 10.8. The maximum Gasteiger partial charge on any atom is 0.230 e. The van der Waals surface area contributed by atoms with Crippen molar-refractivity contribution in [1.29, 1.82) is 0 Å². The summed E-state index contributed by atoms with van der Waals surface area (Å²) in [5.41, 5.74) is 0. The van der Waals surface area contributed by atoms with Crippen LogP contribution in [0.25, 0.3) is 0 Å². The van der Waals surface area contributed by atoms with Gasteiger partial charge in [0.2, 0.25) is 5.91 Å². The van der Waals surface area contributed by atoms with E-state index in [1.165, 1.54) is 0 Å². The Morgan fingerprint density at radius 1 is 1.39 bits per heavy atom. The van der Waals surface area contributed by atoms with Gasteiger partial charge >= 0.3 is 0 Å². The molecule has 0 bridgehead atoms. The van der Waals surface area contributed by atoms with Crippen molar-refractivity contribution in [2.24, 2.45) is 0 Å². The molecule has 0 aliphatic carbocycles. The van der Waals surface area contributed by atoms with Gasteiger partial charge in [-0.15, -0.1) is 11.8 Å². The summed E-state index contributed by atoms with van der Waals surface area (Å²) in [4.78, 5) is 11.5. The van der Waals surface area contributed by atoms with Gasteiger partial charge in [0, 0.05) is 17.5 Å². The van der Waals surface area contributed by atoms with Gasteiger partial charge in [0.15, 0.2) is 9.84 Å². The van der Waals surface area contributed by atoms with Gasteiger partial charge in [-0.05, 0) is 25.9 Å². The summed E-state index contributed by atoms with van der Waals surface area (Å²) in [6, 6.07) is 0. The fraction of sp³-hybridized carbons (Fsp3) is 0.909. The lowest BCUT2D eigenvalue weighted by molar-refractivity contribution is -0.118. The van der Waals surface area contributed by atoms with E-state index < -0.39 is 9.84 Å². The maximum absolute atomic E-state index is 11.5. The zero-order valence-corrected chi connectivity index (χ0v) is 12.4. The Balaban J connectivity index is 2.10. The van der Waals surface area contributed by atoms with Crippen molar-refractivity contribution >= 4 is 27.5 Å². The van der Waals surface area contributed by atoms with Gasteiger partial charge < -0.3 is 10.6 Å². The lowest BCUT2D eigenvalue weighted by atomic mass is 10.2. The fourth-order valence-electron chi connectivity index (χ4n) is 1.70. The lowest BCUT2D eigenvalue weighted by Gasteiger charge is -2.21. The van der Waals surface area contributed by atoms with Crippen LogP contribution in [-0.4, -0.2) is 56.5 Å². The minimum atomic E-state index is -2.98. The van der Waals surface area contributed by atoms with Crippen molar-refractivity contribution in [2.45, 2.75) is 25.0 Å². The topological polar surface area (TPSA) is 75.3 Å². The van der Waals surface area contributed by atoms with Gasteiger partial charge in [-0.25, -0.2) is 8.42 Å². The summed E-state index contributed by atoms with van der Waals surface area (Å²) in [5.74, 6) is 0.529. The van der Waals surface area contributed by atoms with E-state index in [0.717, 1.165) is 25.9 Å². The Labute approximate surface area is 113 Å². The van der Waals surface area contributed by atoms with Crippen molar-refractivity contribution in [3.05, 3.63) is 0 Å². The van der Waals surface area contributed by atoms with Crippen molar-refractivity contribution in [3.8, 4) is 0 Å². The van der Waals surface area contributed by atoms with Crippen LogP contribution in [0.15, 0.2) is 0 Å². The molecule has 1 fully saturated rings. The first kappa shape index (κ1) is 15.8. The minimum absolute atomic E-state index is 0.0350. The van der Waals surface area contributed by atoms with Crippen LogP contribution in [0.2, 0.25) is 0 Å². The van der Waals surface area contributed by atoms with E-state index >= 15 is 0 Å². The third kappa shape index (κ3) is 6.61. The number of amides is 1. The molecule has 1 aliphatic rings. The molecule has 0 aromatic rings. The SMILES string of the molecule is CCS(=O)(=O)CCNC(=O)CSC1CCNCC1. The summed E-state index contributed by atoms with van der Waals surface area (Å²) in [6.07, 6.45) is 2.20. The fourth-order valence-corrected chi connectivity index (χ4v) is 3.46. The molecule has 0 aromatic carbocycles. The molecule has 1 amide bonds. The van der Waals surface area contributed by atoms with Gasteiger partial charge in [0.1, 0.15) is 0 Å². The normalized spacial score (nSPS) is 17.6. The first-order valence-corrected chi connectivity index (χ1v) is 9.20. The highest BCUT2D eigenvalue weighted by Crippen LogP contribution is 2.19. The molecule has 18 heavy (non-hydrogen) atoms. The number of hydrogen-bond donors (Lipinski definition) is 2.